The van der Waals surface area contributed by atoms with E-state index in [0.717, 1.165) is 16.3 Å². The summed E-state index contributed by atoms with van der Waals surface area (Å²) >= 11 is 0. The van der Waals surface area contributed by atoms with Gasteiger partial charge in [-0.15, -0.1) is 0 Å². The van der Waals surface area contributed by atoms with Crippen molar-refractivity contribution in [2.45, 2.75) is 32.2 Å². The molecule has 0 saturated carbocycles. The summed E-state index contributed by atoms with van der Waals surface area (Å²) in [7, 11) is -0.952. The molecule has 1 N–H and O–H groups in total. The second-order valence-electron chi connectivity index (χ2n) is 3.82. The molecular weight excluding hydrogens is 224 g/mol. The molecule has 90 valence electrons. The predicted octanol–water partition coefficient (Wildman–Crippen LogP) is 0.978. The molecule has 1 unspecified atom stereocenters. The third-order valence-corrected chi connectivity index (χ3v) is 3.58. The van der Waals surface area contributed by atoms with E-state index in [1.165, 1.54) is 6.92 Å². The van der Waals surface area contributed by atoms with Gasteiger partial charge in [0.15, 0.2) is 0 Å². The molecule has 1 atom stereocenters. The van der Waals surface area contributed by atoms with E-state index in [0.29, 0.717) is 13.1 Å². The highest BCUT2D eigenvalue weighted by Gasteiger charge is 2.11. The van der Waals surface area contributed by atoms with E-state index >= 15 is 0 Å². The molecule has 0 aliphatic heterocycles. The highest BCUT2D eigenvalue weighted by Crippen LogP contribution is 2.17. The molecule has 1 amide bonds. The maximum absolute atomic E-state index is 11.4. The van der Waals surface area contributed by atoms with Gasteiger partial charge in [0.05, 0.1) is 15.7 Å². The number of rotatable bonds is 4. The van der Waals surface area contributed by atoms with Crippen molar-refractivity contribution in [1.29, 1.82) is 0 Å². The van der Waals surface area contributed by atoms with Crippen LogP contribution in [0.2, 0.25) is 0 Å². The first-order chi connectivity index (χ1) is 7.43. The minimum absolute atomic E-state index is 0.0262. The summed E-state index contributed by atoms with van der Waals surface area (Å²) in [5.74, 6) is -0.0262. The Morgan fingerprint density at radius 3 is 2.56 bits per heavy atom. The summed E-state index contributed by atoms with van der Waals surface area (Å²) in [6.07, 6.45) is 1.68. The van der Waals surface area contributed by atoms with Crippen LogP contribution < -0.4 is 5.32 Å². The molecule has 0 radical (unpaired) electrons. The van der Waals surface area contributed by atoms with Gasteiger partial charge in [0, 0.05) is 37.7 Å². The Labute approximate surface area is 98.5 Å². The number of amides is 1. The average molecular weight is 242 g/mol. The van der Waals surface area contributed by atoms with Crippen molar-refractivity contribution in [3.8, 4) is 0 Å². The van der Waals surface area contributed by atoms with E-state index in [4.69, 9.17) is 0 Å². The lowest BCUT2D eigenvalue weighted by molar-refractivity contribution is -0.118. The fraction of sp³-hybridized carbons (Fsp3) is 0.545. The monoisotopic (exact) mass is 242 g/mol. The molecule has 1 aromatic heterocycles. The topological polar surface area (TPSA) is 51.1 Å². The van der Waals surface area contributed by atoms with Crippen LogP contribution in [0.15, 0.2) is 11.0 Å². The Balaban J connectivity index is 2.80. The van der Waals surface area contributed by atoms with Crippen LogP contribution in [-0.4, -0.2) is 27.5 Å². The van der Waals surface area contributed by atoms with Gasteiger partial charge in [-0.3, -0.25) is 9.00 Å². The third kappa shape index (κ3) is 2.95. The lowest BCUT2D eigenvalue weighted by atomic mass is 10.4. The normalized spacial score (nSPS) is 12.5. The van der Waals surface area contributed by atoms with E-state index in [1.54, 1.807) is 6.26 Å². The van der Waals surface area contributed by atoms with Crippen molar-refractivity contribution in [2.24, 2.45) is 0 Å². The van der Waals surface area contributed by atoms with Crippen molar-refractivity contribution >= 4 is 16.7 Å². The lowest BCUT2D eigenvalue weighted by Gasteiger charge is -2.09. The number of nitrogens with zero attached hydrogens (tertiary/aromatic N) is 1. The van der Waals surface area contributed by atoms with Gasteiger partial charge in [0.25, 0.3) is 0 Å². The quantitative estimate of drug-likeness (QED) is 0.855. The molecule has 0 bridgehead atoms. The van der Waals surface area contributed by atoms with Gasteiger partial charge < -0.3 is 9.88 Å². The Bertz CT molecular complexity index is 424. The highest BCUT2D eigenvalue weighted by molar-refractivity contribution is 7.84. The summed E-state index contributed by atoms with van der Waals surface area (Å²) in [6.45, 7) is 6.76. The van der Waals surface area contributed by atoms with E-state index < -0.39 is 10.8 Å². The molecule has 1 aromatic rings. The maximum atomic E-state index is 11.4. The molecule has 0 saturated heterocycles. The van der Waals surface area contributed by atoms with Gasteiger partial charge >= 0.3 is 0 Å². The zero-order chi connectivity index (χ0) is 12.3. The highest BCUT2D eigenvalue weighted by atomic mass is 32.2. The van der Waals surface area contributed by atoms with E-state index in [-0.39, 0.29) is 5.91 Å². The summed E-state index contributed by atoms with van der Waals surface area (Å²) in [6, 6.07) is 1.94. The minimum Gasteiger partial charge on any atom is -0.355 e. The Kier molecular flexibility index (Phi) is 4.29. The SMILES string of the molecule is CC(=O)NCCn1c(C)cc(S(C)=O)c1C. The molecule has 1 heterocycles. The Morgan fingerprint density at radius 1 is 1.50 bits per heavy atom. The van der Waals surface area contributed by atoms with Crippen molar-refractivity contribution < 1.29 is 9.00 Å². The van der Waals surface area contributed by atoms with Crippen molar-refractivity contribution in [3.63, 3.8) is 0 Å². The molecule has 0 fully saturated rings. The van der Waals surface area contributed by atoms with Crippen LogP contribution in [0.3, 0.4) is 0 Å². The molecule has 5 heteroatoms. The first-order valence-corrected chi connectivity index (χ1v) is 6.74. The van der Waals surface area contributed by atoms with Gasteiger partial charge in [-0.2, -0.15) is 0 Å². The fourth-order valence-electron chi connectivity index (χ4n) is 1.75. The Hall–Kier alpha value is -1.10. The lowest BCUT2D eigenvalue weighted by Crippen LogP contribution is -2.25. The zero-order valence-corrected chi connectivity index (χ0v) is 11.0. The molecule has 4 nitrogen and oxygen atoms in total. The first-order valence-electron chi connectivity index (χ1n) is 5.18. The molecule has 0 aromatic carbocycles. The van der Waals surface area contributed by atoms with Crippen molar-refractivity contribution in [2.75, 3.05) is 12.8 Å². The largest absolute Gasteiger partial charge is 0.355 e. The number of nitrogens with one attached hydrogen (secondary N) is 1. The molecular formula is C11H18N2O2S. The van der Waals surface area contributed by atoms with E-state index in [9.17, 15) is 9.00 Å². The number of carbonyl (C=O) groups is 1. The zero-order valence-electron chi connectivity index (χ0n) is 10.2. The van der Waals surface area contributed by atoms with Crippen LogP contribution in [0.5, 0.6) is 0 Å². The number of carbonyl (C=O) groups excluding carboxylic acids is 1. The van der Waals surface area contributed by atoms with Crippen molar-refractivity contribution in [1.82, 2.24) is 9.88 Å². The van der Waals surface area contributed by atoms with Crippen LogP contribution in [0, 0.1) is 13.8 Å². The van der Waals surface area contributed by atoms with Crippen LogP contribution in [0.1, 0.15) is 18.3 Å². The molecule has 0 aliphatic rings. The van der Waals surface area contributed by atoms with Crippen LogP contribution in [0.4, 0.5) is 0 Å². The first kappa shape index (κ1) is 13.0. The summed E-state index contributed by atoms with van der Waals surface area (Å²) in [4.78, 5) is 11.6. The standard InChI is InChI=1S/C11H18N2O2S/c1-8-7-11(16(4)15)9(2)13(8)6-5-12-10(3)14/h7H,5-6H2,1-4H3,(H,12,14). The summed E-state index contributed by atoms with van der Waals surface area (Å²) in [5.41, 5.74) is 2.09. The van der Waals surface area contributed by atoms with Gasteiger partial charge in [-0.05, 0) is 19.9 Å². The maximum Gasteiger partial charge on any atom is 0.216 e. The van der Waals surface area contributed by atoms with E-state index in [2.05, 4.69) is 9.88 Å². The second-order valence-corrected chi connectivity index (χ2v) is 5.17. The third-order valence-electron chi connectivity index (χ3n) is 2.55. The number of aromatic nitrogens is 1. The average Bonchev–Trinajstić information content (AvgIpc) is 2.44. The molecule has 16 heavy (non-hydrogen) atoms. The van der Waals surface area contributed by atoms with Crippen molar-refractivity contribution in [3.05, 3.63) is 17.5 Å². The predicted molar refractivity (Wildman–Crippen MR) is 64.9 cm³/mol. The minimum atomic E-state index is -0.952. The van der Waals surface area contributed by atoms with Crippen LogP contribution in [-0.2, 0) is 22.1 Å². The molecule has 0 aliphatic carbocycles. The summed E-state index contributed by atoms with van der Waals surface area (Å²) in [5, 5.41) is 2.75. The smallest absolute Gasteiger partial charge is 0.216 e. The number of hydrogen-bond acceptors (Lipinski definition) is 2. The van der Waals surface area contributed by atoms with Gasteiger partial charge in [-0.25, -0.2) is 0 Å². The van der Waals surface area contributed by atoms with Gasteiger partial charge in [0.1, 0.15) is 0 Å². The second kappa shape index (κ2) is 5.30. The summed E-state index contributed by atoms with van der Waals surface area (Å²) < 4.78 is 13.5. The van der Waals surface area contributed by atoms with Gasteiger partial charge in [-0.1, -0.05) is 0 Å². The fourth-order valence-corrected chi connectivity index (χ4v) is 2.61. The molecule has 1 rings (SSSR count). The van der Waals surface area contributed by atoms with Crippen LogP contribution in [0.25, 0.3) is 0 Å². The van der Waals surface area contributed by atoms with Gasteiger partial charge in [0.2, 0.25) is 5.91 Å². The number of aryl methyl sites for hydroxylation is 1. The van der Waals surface area contributed by atoms with E-state index in [1.807, 2.05) is 19.9 Å². The number of hydrogen-bond donors (Lipinski definition) is 1. The molecule has 0 spiro atoms. The van der Waals surface area contributed by atoms with Crippen LogP contribution >= 0.6 is 0 Å². The Morgan fingerprint density at radius 2 is 2.12 bits per heavy atom.